The molecule has 0 bridgehead atoms. The van der Waals surface area contributed by atoms with Crippen LogP contribution in [0.3, 0.4) is 0 Å². The molecule has 0 fully saturated rings. The Kier molecular flexibility index (Phi) is 8.97. The van der Waals surface area contributed by atoms with E-state index in [0.717, 1.165) is 15.6 Å². The molecule has 0 aliphatic heterocycles. The third kappa shape index (κ3) is 7.43. The van der Waals surface area contributed by atoms with Gasteiger partial charge in [-0.15, -0.1) is 0 Å². The van der Waals surface area contributed by atoms with Gasteiger partial charge in [0.15, 0.2) is 0 Å². The van der Waals surface area contributed by atoms with Crippen molar-refractivity contribution in [2.75, 3.05) is 6.61 Å². The van der Waals surface area contributed by atoms with E-state index < -0.39 is 6.04 Å². The van der Waals surface area contributed by atoms with Crippen LogP contribution in [0.1, 0.15) is 33.9 Å². The Hall–Kier alpha value is -3.71. The zero-order valence-corrected chi connectivity index (χ0v) is 19.5. The second-order valence-corrected chi connectivity index (χ2v) is 7.94. The van der Waals surface area contributed by atoms with E-state index >= 15 is 0 Å². The summed E-state index contributed by atoms with van der Waals surface area (Å²) in [5.41, 5.74) is 4.68. The Morgan fingerprint density at radius 1 is 1.03 bits per heavy atom. The molecule has 0 aromatic heterocycles. The Morgan fingerprint density at radius 2 is 1.73 bits per heavy atom. The molecule has 33 heavy (non-hydrogen) atoms. The average Bonchev–Trinajstić information content (AvgIpc) is 2.84. The lowest BCUT2D eigenvalue weighted by molar-refractivity contribution is -0.121. The molecule has 168 valence electrons. The molecule has 0 heterocycles. The van der Waals surface area contributed by atoms with E-state index in [1.165, 1.54) is 0 Å². The molecule has 0 saturated carbocycles. The van der Waals surface area contributed by atoms with Crippen LogP contribution in [0.15, 0.2) is 101 Å². The van der Waals surface area contributed by atoms with Gasteiger partial charge in [-0.05, 0) is 57.4 Å². The second kappa shape index (κ2) is 12.4. The van der Waals surface area contributed by atoms with E-state index in [1.807, 2.05) is 48.5 Å². The van der Waals surface area contributed by atoms with Gasteiger partial charge in [-0.2, -0.15) is 5.10 Å². The maximum absolute atomic E-state index is 12.6. The Morgan fingerprint density at radius 3 is 2.39 bits per heavy atom. The number of carbonyl (C=O) groups is 2. The van der Waals surface area contributed by atoms with Gasteiger partial charge < -0.3 is 10.1 Å². The number of hydrogen-bond donors (Lipinski definition) is 2. The Labute approximate surface area is 201 Å². The minimum atomic E-state index is -0.496. The molecule has 3 rings (SSSR count). The molecule has 3 aromatic rings. The van der Waals surface area contributed by atoms with Crippen LogP contribution in [0.2, 0.25) is 0 Å². The predicted octanol–water partition coefficient (Wildman–Crippen LogP) is 5.03. The average molecular weight is 506 g/mol. The molecule has 0 radical (unpaired) electrons. The zero-order chi connectivity index (χ0) is 23.5. The lowest BCUT2D eigenvalue weighted by Gasteiger charge is -2.18. The van der Waals surface area contributed by atoms with E-state index in [4.69, 9.17) is 4.74 Å². The second-order valence-electron chi connectivity index (χ2n) is 7.09. The van der Waals surface area contributed by atoms with Gasteiger partial charge in [0, 0.05) is 5.56 Å². The number of hydrazone groups is 1. The number of carbonyl (C=O) groups excluding carboxylic acids is 2. The molecule has 0 saturated heterocycles. The topological polar surface area (TPSA) is 79.8 Å². The highest BCUT2D eigenvalue weighted by molar-refractivity contribution is 9.10. The molecule has 2 N–H and O–H groups in total. The van der Waals surface area contributed by atoms with Crippen molar-refractivity contribution in [2.24, 2.45) is 5.10 Å². The predicted molar refractivity (Wildman–Crippen MR) is 133 cm³/mol. The molecule has 0 aliphatic rings. The van der Waals surface area contributed by atoms with Crippen molar-refractivity contribution in [2.45, 2.75) is 12.5 Å². The van der Waals surface area contributed by atoms with Crippen LogP contribution in [0.4, 0.5) is 0 Å². The molecule has 0 unspecified atom stereocenters. The third-order valence-corrected chi connectivity index (χ3v) is 5.27. The standard InChI is InChI=1S/C26H24BrN3O3/c1-2-15-33-24-14-13-19(16-22(24)27)18-28-30-25(31)17-23(20-9-5-3-6-10-20)29-26(32)21-11-7-4-8-12-21/h2-14,16,18,23H,1,15,17H2,(H,29,32)(H,30,31)/b28-18-/t23-/m1/s1. The van der Waals surface area contributed by atoms with E-state index in [1.54, 1.807) is 42.6 Å². The fourth-order valence-electron chi connectivity index (χ4n) is 3.04. The number of benzene rings is 3. The lowest BCUT2D eigenvalue weighted by atomic mass is 10.0. The van der Waals surface area contributed by atoms with Crippen LogP contribution in [-0.2, 0) is 4.79 Å². The summed E-state index contributed by atoms with van der Waals surface area (Å²) in [6.07, 6.45) is 3.25. The van der Waals surface area contributed by atoms with Gasteiger partial charge in [0.05, 0.1) is 23.1 Å². The van der Waals surface area contributed by atoms with Gasteiger partial charge >= 0.3 is 0 Å². The number of halogens is 1. The SMILES string of the molecule is C=CCOc1ccc(/C=N\NC(=O)C[C@@H](NC(=O)c2ccccc2)c2ccccc2)cc1Br. The highest BCUT2D eigenvalue weighted by Gasteiger charge is 2.19. The fourth-order valence-corrected chi connectivity index (χ4v) is 3.55. The lowest BCUT2D eigenvalue weighted by Crippen LogP contribution is -2.32. The number of amides is 2. The van der Waals surface area contributed by atoms with Crippen molar-refractivity contribution in [3.8, 4) is 5.75 Å². The summed E-state index contributed by atoms with van der Waals surface area (Å²) in [7, 11) is 0. The van der Waals surface area contributed by atoms with Crippen molar-refractivity contribution in [1.82, 2.24) is 10.7 Å². The number of hydrogen-bond acceptors (Lipinski definition) is 4. The molecule has 1 atom stereocenters. The van der Waals surface area contributed by atoms with Gasteiger partial charge in [0.25, 0.3) is 5.91 Å². The largest absolute Gasteiger partial charge is 0.488 e. The smallest absolute Gasteiger partial charge is 0.251 e. The minimum absolute atomic E-state index is 0.0396. The van der Waals surface area contributed by atoms with E-state index in [-0.39, 0.29) is 18.2 Å². The van der Waals surface area contributed by atoms with Gasteiger partial charge in [-0.25, -0.2) is 5.43 Å². The quantitative estimate of drug-likeness (QED) is 0.230. The normalized spacial score (nSPS) is 11.5. The highest BCUT2D eigenvalue weighted by atomic mass is 79.9. The van der Waals surface area contributed by atoms with Crippen LogP contribution in [0.5, 0.6) is 5.75 Å². The number of rotatable bonds is 10. The number of nitrogens with one attached hydrogen (secondary N) is 2. The molecule has 3 aromatic carbocycles. The molecule has 6 nitrogen and oxygen atoms in total. The minimum Gasteiger partial charge on any atom is -0.488 e. The van der Waals surface area contributed by atoms with E-state index in [2.05, 4.69) is 38.4 Å². The first-order valence-electron chi connectivity index (χ1n) is 10.3. The van der Waals surface area contributed by atoms with Crippen molar-refractivity contribution in [3.63, 3.8) is 0 Å². The van der Waals surface area contributed by atoms with Crippen molar-refractivity contribution in [3.05, 3.63) is 113 Å². The van der Waals surface area contributed by atoms with Gasteiger partial charge in [-0.1, -0.05) is 61.2 Å². The molecule has 0 aliphatic carbocycles. The first-order chi connectivity index (χ1) is 16.1. The van der Waals surface area contributed by atoms with E-state index in [9.17, 15) is 9.59 Å². The van der Waals surface area contributed by atoms with E-state index in [0.29, 0.717) is 17.9 Å². The first-order valence-corrected chi connectivity index (χ1v) is 11.1. The first kappa shape index (κ1) is 23.9. The Balaban J connectivity index is 1.63. The van der Waals surface area contributed by atoms with Gasteiger partial charge in [0.2, 0.25) is 5.91 Å². The summed E-state index contributed by atoms with van der Waals surface area (Å²) in [5, 5.41) is 6.98. The number of nitrogens with zero attached hydrogens (tertiary/aromatic N) is 1. The van der Waals surface area contributed by atoms with Crippen LogP contribution >= 0.6 is 15.9 Å². The van der Waals surface area contributed by atoms with Crippen LogP contribution in [0, 0.1) is 0 Å². The fraction of sp³-hybridized carbons (Fsp3) is 0.115. The summed E-state index contributed by atoms with van der Waals surface area (Å²) in [5.74, 6) is 0.124. The van der Waals surface area contributed by atoms with Crippen LogP contribution in [0.25, 0.3) is 0 Å². The zero-order valence-electron chi connectivity index (χ0n) is 17.9. The third-order valence-electron chi connectivity index (χ3n) is 4.65. The number of ether oxygens (including phenoxy) is 1. The summed E-state index contributed by atoms with van der Waals surface area (Å²) in [6.45, 7) is 4.03. The maximum Gasteiger partial charge on any atom is 0.251 e. The molecule has 7 heteroatoms. The Bertz CT molecular complexity index is 1120. The molecular weight excluding hydrogens is 482 g/mol. The van der Waals surface area contributed by atoms with Crippen molar-refractivity contribution < 1.29 is 14.3 Å². The molecule has 2 amide bonds. The monoisotopic (exact) mass is 505 g/mol. The maximum atomic E-state index is 12.6. The van der Waals surface area contributed by atoms with Gasteiger partial charge in [-0.3, -0.25) is 9.59 Å². The van der Waals surface area contributed by atoms with Gasteiger partial charge in [0.1, 0.15) is 12.4 Å². The van der Waals surface area contributed by atoms with Crippen molar-refractivity contribution >= 4 is 34.0 Å². The summed E-state index contributed by atoms with van der Waals surface area (Å²) in [4.78, 5) is 25.2. The summed E-state index contributed by atoms with van der Waals surface area (Å²) >= 11 is 3.45. The highest BCUT2D eigenvalue weighted by Crippen LogP contribution is 2.25. The molecular formula is C26H24BrN3O3. The molecule has 0 spiro atoms. The van der Waals surface area contributed by atoms with Crippen LogP contribution in [-0.4, -0.2) is 24.6 Å². The summed E-state index contributed by atoms with van der Waals surface area (Å²) in [6, 6.07) is 23.2. The van der Waals surface area contributed by atoms with Crippen LogP contribution < -0.4 is 15.5 Å². The summed E-state index contributed by atoms with van der Waals surface area (Å²) < 4.78 is 6.29. The van der Waals surface area contributed by atoms with Crippen molar-refractivity contribution in [1.29, 1.82) is 0 Å².